The van der Waals surface area contributed by atoms with Crippen LogP contribution in [0.5, 0.6) is 0 Å². The van der Waals surface area contributed by atoms with Gasteiger partial charge in [0.25, 0.3) is 0 Å². The Kier molecular flexibility index (Phi) is 6.62. The number of carbonyl (C=O) groups is 2. The third-order valence-corrected chi connectivity index (χ3v) is 3.19. The monoisotopic (exact) mass is 271 g/mol. The zero-order valence-corrected chi connectivity index (χ0v) is 12.1. The van der Waals surface area contributed by atoms with Gasteiger partial charge in [-0.25, -0.2) is 4.79 Å². The molecule has 1 atom stereocenters. The largest absolute Gasteiger partial charge is 0.450 e. The molecule has 19 heavy (non-hydrogen) atoms. The van der Waals surface area contributed by atoms with E-state index in [-0.39, 0.29) is 18.0 Å². The summed E-state index contributed by atoms with van der Waals surface area (Å²) in [5.74, 6) is 0.150. The molecule has 110 valence electrons. The molecule has 1 fully saturated rings. The topological polar surface area (TPSA) is 61.9 Å². The number of carbonyl (C=O) groups excluding carboxylic acids is 2. The van der Waals surface area contributed by atoms with E-state index in [2.05, 4.69) is 5.32 Å². The summed E-state index contributed by atoms with van der Waals surface area (Å²) >= 11 is 0. The number of hydrogen-bond donors (Lipinski definition) is 1. The minimum Gasteiger partial charge on any atom is -0.450 e. The van der Waals surface area contributed by atoms with Gasteiger partial charge in [-0.3, -0.25) is 4.79 Å². The fourth-order valence-electron chi connectivity index (χ4n) is 2.16. The van der Waals surface area contributed by atoms with Crippen LogP contribution >= 0.6 is 0 Å². The first-order valence-corrected chi connectivity index (χ1v) is 7.01. The summed E-state index contributed by atoms with van der Waals surface area (Å²) in [6.45, 7) is 9.38. The van der Waals surface area contributed by atoms with E-state index in [0.29, 0.717) is 39.2 Å². The van der Waals surface area contributed by atoms with Crippen molar-refractivity contribution in [2.24, 2.45) is 0 Å². The van der Waals surface area contributed by atoms with Gasteiger partial charge in [-0.05, 0) is 20.4 Å². The number of hydrogen-bond acceptors (Lipinski definition) is 4. The number of rotatable bonds is 5. The Labute approximate surface area is 115 Å². The Morgan fingerprint density at radius 1 is 1.16 bits per heavy atom. The number of amides is 2. The maximum Gasteiger partial charge on any atom is 0.409 e. The standard InChI is InChI=1S/C13H25N3O3/c1-4-14-11(3)10-12(17)15-6-8-16(9-7-15)13(18)19-5-2/h11,14H,4-10H2,1-3H3. The van der Waals surface area contributed by atoms with E-state index >= 15 is 0 Å². The van der Waals surface area contributed by atoms with Crippen LogP contribution in [0.2, 0.25) is 0 Å². The molecule has 0 aromatic carbocycles. The lowest BCUT2D eigenvalue weighted by molar-refractivity contribution is -0.133. The summed E-state index contributed by atoms with van der Waals surface area (Å²) in [4.78, 5) is 27.0. The van der Waals surface area contributed by atoms with Crippen molar-refractivity contribution in [3.05, 3.63) is 0 Å². The summed E-state index contributed by atoms with van der Waals surface area (Å²) in [6.07, 6.45) is 0.225. The van der Waals surface area contributed by atoms with Crippen LogP contribution in [0.3, 0.4) is 0 Å². The Balaban J connectivity index is 2.32. The van der Waals surface area contributed by atoms with Crippen LogP contribution in [0.25, 0.3) is 0 Å². The van der Waals surface area contributed by atoms with Gasteiger partial charge in [0.05, 0.1) is 6.61 Å². The van der Waals surface area contributed by atoms with E-state index < -0.39 is 0 Å². The second kappa shape index (κ2) is 7.99. The minimum atomic E-state index is -0.282. The Bertz CT molecular complexity index is 302. The lowest BCUT2D eigenvalue weighted by Crippen LogP contribution is -2.51. The fourth-order valence-corrected chi connectivity index (χ4v) is 2.16. The third kappa shape index (κ3) is 5.06. The van der Waals surface area contributed by atoms with E-state index in [0.717, 1.165) is 6.54 Å². The van der Waals surface area contributed by atoms with Crippen LogP contribution in [0.1, 0.15) is 27.2 Å². The zero-order valence-electron chi connectivity index (χ0n) is 12.1. The highest BCUT2D eigenvalue weighted by Gasteiger charge is 2.25. The molecule has 1 unspecified atom stereocenters. The van der Waals surface area contributed by atoms with Crippen LogP contribution in [0.4, 0.5) is 4.79 Å². The van der Waals surface area contributed by atoms with Gasteiger partial charge in [-0.1, -0.05) is 6.92 Å². The zero-order chi connectivity index (χ0) is 14.3. The number of nitrogens with one attached hydrogen (secondary N) is 1. The molecule has 0 radical (unpaired) electrons. The molecule has 1 aliphatic rings. The summed E-state index contributed by atoms with van der Waals surface area (Å²) in [7, 11) is 0. The predicted molar refractivity (Wildman–Crippen MR) is 72.9 cm³/mol. The molecule has 0 aliphatic carbocycles. The van der Waals surface area contributed by atoms with Crippen molar-refractivity contribution in [1.82, 2.24) is 15.1 Å². The van der Waals surface area contributed by atoms with Crippen LogP contribution in [-0.4, -0.2) is 67.2 Å². The smallest absolute Gasteiger partial charge is 0.409 e. The van der Waals surface area contributed by atoms with Crippen molar-refractivity contribution in [3.8, 4) is 0 Å². The van der Waals surface area contributed by atoms with Gasteiger partial charge in [0.1, 0.15) is 0 Å². The molecular formula is C13H25N3O3. The maximum atomic E-state index is 12.0. The second-order valence-electron chi connectivity index (χ2n) is 4.73. The fraction of sp³-hybridized carbons (Fsp3) is 0.846. The average Bonchev–Trinajstić information content (AvgIpc) is 2.39. The molecule has 2 amide bonds. The molecule has 0 aromatic rings. The SMILES string of the molecule is CCNC(C)CC(=O)N1CCN(C(=O)OCC)CC1. The molecule has 1 aliphatic heterocycles. The lowest BCUT2D eigenvalue weighted by Gasteiger charge is -2.34. The average molecular weight is 271 g/mol. The summed E-state index contributed by atoms with van der Waals surface area (Å²) < 4.78 is 4.95. The van der Waals surface area contributed by atoms with Crippen LogP contribution in [0.15, 0.2) is 0 Å². The summed E-state index contributed by atoms with van der Waals surface area (Å²) in [6, 6.07) is 0.195. The quantitative estimate of drug-likeness (QED) is 0.798. The van der Waals surface area contributed by atoms with Gasteiger partial charge < -0.3 is 19.9 Å². The highest BCUT2D eigenvalue weighted by Crippen LogP contribution is 2.06. The van der Waals surface area contributed by atoms with Crippen molar-refractivity contribution in [1.29, 1.82) is 0 Å². The van der Waals surface area contributed by atoms with E-state index in [1.165, 1.54) is 0 Å². The molecule has 0 spiro atoms. The third-order valence-electron chi connectivity index (χ3n) is 3.19. The summed E-state index contributed by atoms with van der Waals surface area (Å²) in [5.41, 5.74) is 0. The molecule has 1 rings (SSSR count). The first kappa shape index (κ1) is 15.8. The van der Waals surface area contributed by atoms with Gasteiger partial charge in [-0.2, -0.15) is 0 Å². The number of piperazine rings is 1. The van der Waals surface area contributed by atoms with E-state index in [1.807, 2.05) is 18.7 Å². The van der Waals surface area contributed by atoms with Gasteiger partial charge in [0.2, 0.25) is 5.91 Å². The molecule has 1 saturated heterocycles. The van der Waals surface area contributed by atoms with E-state index in [1.54, 1.807) is 11.8 Å². The normalized spacial score (nSPS) is 17.2. The summed E-state index contributed by atoms with van der Waals surface area (Å²) in [5, 5.41) is 3.23. The molecule has 0 bridgehead atoms. The van der Waals surface area contributed by atoms with Gasteiger partial charge in [0, 0.05) is 38.6 Å². The lowest BCUT2D eigenvalue weighted by atomic mass is 10.2. The molecule has 0 aromatic heterocycles. The van der Waals surface area contributed by atoms with Gasteiger partial charge >= 0.3 is 6.09 Å². The van der Waals surface area contributed by atoms with Gasteiger partial charge in [0.15, 0.2) is 0 Å². The van der Waals surface area contributed by atoms with E-state index in [4.69, 9.17) is 4.74 Å². The van der Waals surface area contributed by atoms with Crippen molar-refractivity contribution in [2.45, 2.75) is 33.2 Å². The Hall–Kier alpha value is -1.30. The van der Waals surface area contributed by atoms with Crippen LogP contribution in [-0.2, 0) is 9.53 Å². The molecule has 6 nitrogen and oxygen atoms in total. The second-order valence-corrected chi connectivity index (χ2v) is 4.73. The first-order valence-electron chi connectivity index (χ1n) is 7.01. The molecule has 6 heteroatoms. The van der Waals surface area contributed by atoms with Crippen molar-refractivity contribution >= 4 is 12.0 Å². The van der Waals surface area contributed by atoms with Crippen molar-refractivity contribution < 1.29 is 14.3 Å². The maximum absolute atomic E-state index is 12.0. The predicted octanol–water partition coefficient (Wildman–Crippen LogP) is 0.675. The van der Waals surface area contributed by atoms with Crippen molar-refractivity contribution in [3.63, 3.8) is 0 Å². The van der Waals surface area contributed by atoms with Gasteiger partial charge in [-0.15, -0.1) is 0 Å². The molecule has 0 saturated carbocycles. The van der Waals surface area contributed by atoms with Crippen LogP contribution < -0.4 is 5.32 Å². The minimum absolute atomic E-state index is 0.150. The highest BCUT2D eigenvalue weighted by molar-refractivity contribution is 5.77. The Morgan fingerprint density at radius 2 is 1.74 bits per heavy atom. The number of nitrogens with zero attached hydrogens (tertiary/aromatic N) is 2. The van der Waals surface area contributed by atoms with E-state index in [9.17, 15) is 9.59 Å². The van der Waals surface area contributed by atoms with Crippen molar-refractivity contribution in [2.75, 3.05) is 39.3 Å². The molecular weight excluding hydrogens is 246 g/mol. The van der Waals surface area contributed by atoms with Crippen LogP contribution in [0, 0.1) is 0 Å². The number of ether oxygens (including phenoxy) is 1. The first-order chi connectivity index (χ1) is 9.08. The molecule has 1 heterocycles. The highest BCUT2D eigenvalue weighted by atomic mass is 16.6. The Morgan fingerprint density at radius 3 is 2.26 bits per heavy atom. The molecule has 1 N–H and O–H groups in total.